The number of carboxylic acids is 1. The van der Waals surface area contributed by atoms with Crippen molar-refractivity contribution in [3.8, 4) is 0 Å². The number of carboxylic acid groups (broad SMARTS) is 1. The average molecular weight is 228 g/mol. The number of rotatable bonds is 5. The molecule has 3 N–H and O–H groups in total. The van der Waals surface area contributed by atoms with E-state index in [9.17, 15) is 14.9 Å². The lowest BCUT2D eigenvalue weighted by Crippen LogP contribution is -2.17. The summed E-state index contributed by atoms with van der Waals surface area (Å²) in [6, 6.07) is -0.705. The normalized spacial score (nSPS) is 12.4. The van der Waals surface area contributed by atoms with Crippen molar-refractivity contribution in [3.05, 3.63) is 22.0 Å². The molecule has 0 fully saturated rings. The summed E-state index contributed by atoms with van der Waals surface area (Å²) in [6.45, 7) is 0. The fourth-order valence-electron chi connectivity index (χ4n) is 1.42. The van der Waals surface area contributed by atoms with E-state index in [2.05, 4.69) is 5.10 Å². The Labute approximate surface area is 90.8 Å². The molecule has 0 aliphatic rings. The SMILES string of the molecule is Cn1ncc([N+](=O)[O-])c1C(N)CCC(=O)O. The number of hydrogen-bond acceptors (Lipinski definition) is 5. The fraction of sp³-hybridized carbons (Fsp3) is 0.500. The van der Waals surface area contributed by atoms with Gasteiger partial charge in [0.25, 0.3) is 0 Å². The van der Waals surface area contributed by atoms with Crippen LogP contribution in [0.25, 0.3) is 0 Å². The third-order valence-corrected chi connectivity index (χ3v) is 2.18. The minimum absolute atomic E-state index is 0.135. The standard InChI is InChI=1S/C8H12N4O4/c1-11-8(5(9)2-3-7(13)14)6(4-10-11)12(15)16/h4-5H,2-3,9H2,1H3,(H,13,14). The molecule has 0 aliphatic carbocycles. The van der Waals surface area contributed by atoms with Crippen LogP contribution in [0.1, 0.15) is 24.6 Å². The Balaban J connectivity index is 2.89. The van der Waals surface area contributed by atoms with Crippen molar-refractivity contribution in [1.82, 2.24) is 9.78 Å². The molecule has 8 nitrogen and oxygen atoms in total. The van der Waals surface area contributed by atoms with Crippen molar-refractivity contribution in [1.29, 1.82) is 0 Å². The second kappa shape index (κ2) is 4.71. The van der Waals surface area contributed by atoms with Crippen LogP contribution in [0.2, 0.25) is 0 Å². The maximum Gasteiger partial charge on any atom is 0.311 e. The first kappa shape index (κ1) is 12.1. The highest BCUT2D eigenvalue weighted by atomic mass is 16.6. The van der Waals surface area contributed by atoms with Gasteiger partial charge in [-0.3, -0.25) is 19.6 Å². The zero-order valence-electron chi connectivity index (χ0n) is 8.66. The summed E-state index contributed by atoms with van der Waals surface area (Å²) in [5.41, 5.74) is 5.76. The Hall–Kier alpha value is -1.96. The van der Waals surface area contributed by atoms with Crippen molar-refractivity contribution in [3.63, 3.8) is 0 Å². The van der Waals surface area contributed by atoms with Crippen LogP contribution >= 0.6 is 0 Å². The molecule has 0 saturated carbocycles. The molecule has 1 aromatic heterocycles. The van der Waals surface area contributed by atoms with Gasteiger partial charge in [-0.15, -0.1) is 0 Å². The zero-order chi connectivity index (χ0) is 12.3. The second-order valence-corrected chi connectivity index (χ2v) is 3.33. The summed E-state index contributed by atoms with van der Waals surface area (Å²) in [6.07, 6.45) is 1.11. The van der Waals surface area contributed by atoms with Crippen molar-refractivity contribution in [2.24, 2.45) is 12.8 Å². The molecule has 8 heteroatoms. The van der Waals surface area contributed by atoms with E-state index in [1.807, 2.05) is 0 Å². The Morgan fingerprint density at radius 1 is 1.81 bits per heavy atom. The van der Waals surface area contributed by atoms with Gasteiger partial charge in [-0.1, -0.05) is 0 Å². The average Bonchev–Trinajstić information content (AvgIpc) is 2.56. The number of carbonyl (C=O) groups is 1. The van der Waals surface area contributed by atoms with Gasteiger partial charge >= 0.3 is 11.7 Å². The van der Waals surface area contributed by atoms with Crippen molar-refractivity contribution in [2.75, 3.05) is 0 Å². The molecule has 0 saturated heterocycles. The molecule has 0 aromatic carbocycles. The van der Waals surface area contributed by atoms with Crippen LogP contribution in [0.5, 0.6) is 0 Å². The first-order chi connectivity index (χ1) is 7.43. The van der Waals surface area contributed by atoms with Crippen molar-refractivity contribution < 1.29 is 14.8 Å². The van der Waals surface area contributed by atoms with Gasteiger partial charge in [0.1, 0.15) is 11.9 Å². The van der Waals surface area contributed by atoms with E-state index in [0.717, 1.165) is 6.20 Å². The molecule has 1 rings (SSSR count). The third kappa shape index (κ3) is 2.54. The molecule has 0 aliphatic heterocycles. The molecule has 1 atom stereocenters. The van der Waals surface area contributed by atoms with Gasteiger partial charge in [-0.25, -0.2) is 0 Å². The highest BCUT2D eigenvalue weighted by Crippen LogP contribution is 2.25. The Kier molecular flexibility index (Phi) is 3.56. The predicted octanol–water partition coefficient (Wildman–Crippen LogP) is 0.193. The summed E-state index contributed by atoms with van der Waals surface area (Å²) in [5.74, 6) is -0.986. The van der Waals surface area contributed by atoms with Gasteiger partial charge in [0, 0.05) is 13.5 Å². The number of hydrogen-bond donors (Lipinski definition) is 2. The maximum atomic E-state index is 10.7. The van der Waals surface area contributed by atoms with E-state index in [4.69, 9.17) is 10.8 Å². The number of aliphatic carboxylic acids is 1. The van der Waals surface area contributed by atoms with Gasteiger partial charge in [0.2, 0.25) is 0 Å². The van der Waals surface area contributed by atoms with Gasteiger partial charge in [-0.05, 0) is 6.42 Å². The number of nitro groups is 1. The molecule has 88 valence electrons. The number of nitrogens with zero attached hydrogens (tertiary/aromatic N) is 3. The van der Waals surface area contributed by atoms with E-state index in [-0.39, 0.29) is 24.2 Å². The lowest BCUT2D eigenvalue weighted by molar-refractivity contribution is -0.385. The van der Waals surface area contributed by atoms with E-state index < -0.39 is 16.9 Å². The van der Waals surface area contributed by atoms with Gasteiger partial charge < -0.3 is 10.8 Å². The largest absolute Gasteiger partial charge is 0.481 e. The second-order valence-electron chi connectivity index (χ2n) is 3.33. The molecule has 0 bridgehead atoms. The number of aryl methyl sites for hydroxylation is 1. The first-order valence-corrected chi connectivity index (χ1v) is 4.57. The molecule has 0 radical (unpaired) electrons. The molecular weight excluding hydrogens is 216 g/mol. The number of nitrogens with two attached hydrogens (primary N) is 1. The van der Waals surface area contributed by atoms with Crippen LogP contribution < -0.4 is 5.73 Å². The maximum absolute atomic E-state index is 10.7. The Bertz CT molecular complexity index is 414. The molecule has 1 aromatic rings. The molecule has 1 unspecified atom stereocenters. The van der Waals surface area contributed by atoms with Crippen LogP contribution in [-0.4, -0.2) is 25.8 Å². The predicted molar refractivity (Wildman–Crippen MR) is 53.7 cm³/mol. The quantitative estimate of drug-likeness (QED) is 0.547. The first-order valence-electron chi connectivity index (χ1n) is 4.57. The van der Waals surface area contributed by atoms with Crippen LogP contribution in [0, 0.1) is 10.1 Å². The van der Waals surface area contributed by atoms with Crippen LogP contribution in [0.4, 0.5) is 5.69 Å². The molecule has 0 spiro atoms. The molecule has 0 amide bonds. The fourth-order valence-corrected chi connectivity index (χ4v) is 1.42. The minimum Gasteiger partial charge on any atom is -0.481 e. The number of aromatic nitrogens is 2. The van der Waals surface area contributed by atoms with Gasteiger partial charge in [0.15, 0.2) is 0 Å². The summed E-state index contributed by atoms with van der Waals surface area (Å²) in [4.78, 5) is 20.4. The highest BCUT2D eigenvalue weighted by Gasteiger charge is 2.24. The minimum atomic E-state index is -0.986. The molecule has 16 heavy (non-hydrogen) atoms. The Morgan fingerprint density at radius 2 is 2.44 bits per heavy atom. The smallest absolute Gasteiger partial charge is 0.311 e. The van der Waals surface area contributed by atoms with Gasteiger partial charge in [-0.2, -0.15) is 5.10 Å². The summed E-state index contributed by atoms with van der Waals surface area (Å²) in [7, 11) is 1.53. The van der Waals surface area contributed by atoms with E-state index in [0.29, 0.717) is 0 Å². The van der Waals surface area contributed by atoms with E-state index in [1.165, 1.54) is 11.7 Å². The lowest BCUT2D eigenvalue weighted by atomic mass is 10.1. The lowest BCUT2D eigenvalue weighted by Gasteiger charge is -2.09. The third-order valence-electron chi connectivity index (χ3n) is 2.18. The summed E-state index contributed by atoms with van der Waals surface area (Å²) >= 11 is 0. The summed E-state index contributed by atoms with van der Waals surface area (Å²) < 4.78 is 1.30. The van der Waals surface area contributed by atoms with E-state index in [1.54, 1.807) is 0 Å². The Morgan fingerprint density at radius 3 is 2.94 bits per heavy atom. The van der Waals surface area contributed by atoms with Crippen LogP contribution in [0.3, 0.4) is 0 Å². The van der Waals surface area contributed by atoms with Crippen molar-refractivity contribution in [2.45, 2.75) is 18.9 Å². The zero-order valence-corrected chi connectivity index (χ0v) is 8.66. The van der Waals surface area contributed by atoms with Crippen molar-refractivity contribution >= 4 is 11.7 Å². The monoisotopic (exact) mass is 228 g/mol. The highest BCUT2D eigenvalue weighted by molar-refractivity contribution is 5.66. The van der Waals surface area contributed by atoms with Crippen LogP contribution in [-0.2, 0) is 11.8 Å². The van der Waals surface area contributed by atoms with Crippen LogP contribution in [0.15, 0.2) is 6.20 Å². The van der Waals surface area contributed by atoms with Gasteiger partial charge in [0.05, 0.1) is 11.0 Å². The molecular formula is C8H12N4O4. The van der Waals surface area contributed by atoms with E-state index >= 15 is 0 Å². The topological polar surface area (TPSA) is 124 Å². The summed E-state index contributed by atoms with van der Waals surface area (Å²) in [5, 5.41) is 22.9. The molecule has 1 heterocycles.